The predicted molar refractivity (Wildman–Crippen MR) is 70.3 cm³/mol. The first kappa shape index (κ1) is 14.0. The van der Waals surface area contributed by atoms with Crippen LogP contribution in [0.25, 0.3) is 0 Å². The van der Waals surface area contributed by atoms with Gasteiger partial charge in [-0.3, -0.25) is 4.90 Å². The maximum Gasteiger partial charge on any atom is 0.226 e. The van der Waals surface area contributed by atoms with E-state index in [1.54, 1.807) is 0 Å². The van der Waals surface area contributed by atoms with Gasteiger partial charge in [0.25, 0.3) is 0 Å². The molecule has 0 spiro atoms. The van der Waals surface area contributed by atoms with Gasteiger partial charge in [-0.05, 0) is 40.0 Å². The Labute approximate surface area is 114 Å². The summed E-state index contributed by atoms with van der Waals surface area (Å²) in [7, 11) is 4.23. The Hall–Kier alpha value is -1.45. The van der Waals surface area contributed by atoms with Crippen LogP contribution in [0.4, 0.5) is 0 Å². The van der Waals surface area contributed by atoms with E-state index in [0.717, 1.165) is 38.3 Å². The highest BCUT2D eigenvalue weighted by Gasteiger charge is 2.26. The Balaban J connectivity index is 2.01. The topological polar surface area (TPSA) is 69.2 Å². The molecule has 1 fully saturated rings. The van der Waals surface area contributed by atoms with Crippen molar-refractivity contribution in [1.82, 2.24) is 19.9 Å². The normalized spacial score (nSPS) is 22.1. The van der Waals surface area contributed by atoms with Gasteiger partial charge in [0, 0.05) is 19.4 Å². The van der Waals surface area contributed by atoms with E-state index in [2.05, 4.69) is 40.1 Å². The molecule has 1 aromatic rings. The van der Waals surface area contributed by atoms with Crippen molar-refractivity contribution in [3.8, 4) is 6.07 Å². The van der Waals surface area contributed by atoms with Crippen LogP contribution in [0.2, 0.25) is 0 Å². The summed E-state index contributed by atoms with van der Waals surface area (Å²) in [4.78, 5) is 9.07. The summed E-state index contributed by atoms with van der Waals surface area (Å²) in [5.41, 5.74) is 0. The smallest absolute Gasteiger partial charge is 0.226 e. The monoisotopic (exact) mass is 263 g/mol. The molecule has 6 heteroatoms. The number of hydrogen-bond acceptors (Lipinski definition) is 6. The van der Waals surface area contributed by atoms with Gasteiger partial charge in [0.15, 0.2) is 5.82 Å². The Kier molecular flexibility index (Phi) is 4.88. The van der Waals surface area contributed by atoms with Crippen LogP contribution in [0, 0.1) is 11.3 Å². The number of aryl methyl sites for hydroxylation is 1. The number of nitrogens with zero attached hydrogens (tertiary/aromatic N) is 5. The zero-order valence-electron chi connectivity index (χ0n) is 11.7. The molecule has 0 aliphatic carbocycles. The molecule has 0 N–H and O–H groups in total. The summed E-state index contributed by atoms with van der Waals surface area (Å²) in [6.07, 6.45) is 3.16. The lowest BCUT2D eigenvalue weighted by Crippen LogP contribution is -2.31. The molecule has 1 aromatic heterocycles. The minimum absolute atomic E-state index is 0.195. The Morgan fingerprint density at radius 2 is 2.26 bits per heavy atom. The molecule has 1 aliphatic heterocycles. The van der Waals surface area contributed by atoms with Crippen LogP contribution in [0.15, 0.2) is 4.52 Å². The number of nitriles is 1. The van der Waals surface area contributed by atoms with Crippen molar-refractivity contribution in [2.24, 2.45) is 0 Å². The minimum atomic E-state index is 0.195. The van der Waals surface area contributed by atoms with Crippen LogP contribution in [0.5, 0.6) is 0 Å². The molecule has 104 valence electrons. The number of rotatable bonds is 4. The number of unbranched alkanes of at least 4 members (excludes halogenated alkanes) is 1. The third-order valence-electron chi connectivity index (χ3n) is 3.53. The fourth-order valence-electron chi connectivity index (χ4n) is 2.37. The van der Waals surface area contributed by atoms with E-state index in [9.17, 15) is 0 Å². The summed E-state index contributed by atoms with van der Waals surface area (Å²) in [6, 6.07) is 2.32. The second-order valence-electron chi connectivity index (χ2n) is 5.17. The molecule has 0 saturated carbocycles. The highest BCUT2D eigenvalue weighted by atomic mass is 16.5. The van der Waals surface area contributed by atoms with Crippen molar-refractivity contribution in [3.05, 3.63) is 11.7 Å². The van der Waals surface area contributed by atoms with Gasteiger partial charge in [-0.2, -0.15) is 10.2 Å². The first-order chi connectivity index (χ1) is 9.20. The molecule has 19 heavy (non-hydrogen) atoms. The van der Waals surface area contributed by atoms with Crippen molar-refractivity contribution < 1.29 is 4.52 Å². The van der Waals surface area contributed by atoms with E-state index in [4.69, 9.17) is 9.78 Å². The van der Waals surface area contributed by atoms with E-state index >= 15 is 0 Å². The lowest BCUT2D eigenvalue weighted by Gasteiger charge is -2.24. The van der Waals surface area contributed by atoms with Crippen LogP contribution in [0.1, 0.15) is 37.0 Å². The average Bonchev–Trinajstić information content (AvgIpc) is 2.78. The fraction of sp³-hybridized carbons (Fsp3) is 0.769. The van der Waals surface area contributed by atoms with Gasteiger partial charge in [-0.1, -0.05) is 5.16 Å². The van der Waals surface area contributed by atoms with E-state index in [1.807, 2.05) is 0 Å². The van der Waals surface area contributed by atoms with Gasteiger partial charge < -0.3 is 9.42 Å². The molecule has 6 nitrogen and oxygen atoms in total. The van der Waals surface area contributed by atoms with Crippen LogP contribution >= 0.6 is 0 Å². The van der Waals surface area contributed by atoms with Gasteiger partial charge in [0.05, 0.1) is 12.1 Å². The standard InChI is InChI=1S/C13H21N5O/c1-17-8-5-9-18(2)11(10-17)13-15-12(19-16-13)6-3-4-7-14/h11H,3-6,8-10H2,1-2H3. The van der Waals surface area contributed by atoms with Crippen LogP contribution in [-0.2, 0) is 6.42 Å². The van der Waals surface area contributed by atoms with E-state index in [-0.39, 0.29) is 6.04 Å². The molecule has 0 aromatic carbocycles. The highest BCUT2D eigenvalue weighted by molar-refractivity contribution is 4.97. The lowest BCUT2D eigenvalue weighted by molar-refractivity contribution is 0.214. The lowest BCUT2D eigenvalue weighted by atomic mass is 10.2. The van der Waals surface area contributed by atoms with Crippen molar-refractivity contribution in [2.45, 2.75) is 31.7 Å². The van der Waals surface area contributed by atoms with Gasteiger partial charge in [-0.15, -0.1) is 0 Å². The van der Waals surface area contributed by atoms with E-state index < -0.39 is 0 Å². The first-order valence-electron chi connectivity index (χ1n) is 6.79. The molecule has 0 amide bonds. The van der Waals surface area contributed by atoms with Crippen LogP contribution < -0.4 is 0 Å². The number of aromatic nitrogens is 2. The maximum absolute atomic E-state index is 8.52. The quantitative estimate of drug-likeness (QED) is 0.761. The number of likely N-dealkylation sites (N-methyl/N-ethyl adjacent to an activating group) is 2. The summed E-state index contributed by atoms with van der Waals surface area (Å²) in [5, 5.41) is 12.6. The first-order valence-corrected chi connectivity index (χ1v) is 6.79. The molecule has 1 aliphatic rings. The van der Waals surface area contributed by atoms with Crippen molar-refractivity contribution in [3.63, 3.8) is 0 Å². The summed E-state index contributed by atoms with van der Waals surface area (Å²) in [5.74, 6) is 1.41. The van der Waals surface area contributed by atoms with Crippen LogP contribution in [-0.4, -0.2) is 53.7 Å². The third kappa shape index (κ3) is 3.75. The van der Waals surface area contributed by atoms with Crippen molar-refractivity contribution in [1.29, 1.82) is 5.26 Å². The molecular formula is C13H21N5O. The van der Waals surface area contributed by atoms with Crippen LogP contribution in [0.3, 0.4) is 0 Å². The number of hydrogen-bond donors (Lipinski definition) is 0. The van der Waals surface area contributed by atoms with Gasteiger partial charge >= 0.3 is 0 Å². The summed E-state index contributed by atoms with van der Waals surface area (Å²) < 4.78 is 5.27. The average molecular weight is 263 g/mol. The molecule has 0 bridgehead atoms. The molecule has 1 atom stereocenters. The second-order valence-corrected chi connectivity index (χ2v) is 5.17. The molecule has 1 unspecified atom stereocenters. The molecule has 0 radical (unpaired) electrons. The Morgan fingerprint density at radius 3 is 3.05 bits per heavy atom. The Bertz CT molecular complexity index is 438. The van der Waals surface area contributed by atoms with Gasteiger partial charge in [-0.25, -0.2) is 0 Å². The third-order valence-corrected chi connectivity index (χ3v) is 3.53. The summed E-state index contributed by atoms with van der Waals surface area (Å²) in [6.45, 7) is 3.08. The zero-order chi connectivity index (χ0) is 13.7. The molecule has 2 heterocycles. The van der Waals surface area contributed by atoms with Crippen molar-refractivity contribution >= 4 is 0 Å². The van der Waals surface area contributed by atoms with Gasteiger partial charge in [0.1, 0.15) is 0 Å². The Morgan fingerprint density at radius 1 is 1.42 bits per heavy atom. The SMILES string of the molecule is CN1CCCN(C)C(c2noc(CCCC#N)n2)C1. The fourth-order valence-corrected chi connectivity index (χ4v) is 2.37. The summed E-state index contributed by atoms with van der Waals surface area (Å²) >= 11 is 0. The molecule has 1 saturated heterocycles. The zero-order valence-corrected chi connectivity index (χ0v) is 11.7. The van der Waals surface area contributed by atoms with Gasteiger partial charge in [0.2, 0.25) is 5.89 Å². The van der Waals surface area contributed by atoms with Crippen molar-refractivity contribution in [2.75, 3.05) is 33.7 Å². The largest absolute Gasteiger partial charge is 0.339 e. The van der Waals surface area contributed by atoms with E-state index in [1.165, 1.54) is 0 Å². The maximum atomic E-state index is 8.52. The minimum Gasteiger partial charge on any atom is -0.339 e. The highest BCUT2D eigenvalue weighted by Crippen LogP contribution is 2.20. The molecule has 2 rings (SSSR count). The second kappa shape index (κ2) is 6.64. The predicted octanol–water partition coefficient (Wildman–Crippen LogP) is 1.22. The molecular weight excluding hydrogens is 242 g/mol. The van der Waals surface area contributed by atoms with E-state index in [0.29, 0.717) is 18.7 Å².